The van der Waals surface area contributed by atoms with E-state index in [4.69, 9.17) is 15.6 Å². The molecule has 0 bridgehead atoms. The normalized spacial score (nSPS) is 13.6. The lowest BCUT2D eigenvalue weighted by molar-refractivity contribution is 0.0996. The minimum absolute atomic E-state index is 0.0148. The Hall–Kier alpha value is -4.37. The Balaban J connectivity index is 0.00000186. The highest BCUT2D eigenvalue weighted by Gasteiger charge is 2.23. The second kappa shape index (κ2) is 10.7. The highest BCUT2D eigenvalue weighted by Crippen LogP contribution is 2.33. The van der Waals surface area contributed by atoms with Gasteiger partial charge in [-0.15, -0.1) is 0 Å². The maximum Gasteiger partial charge on any atom is 0.253 e. The van der Waals surface area contributed by atoms with E-state index in [1.807, 2.05) is 13.0 Å². The van der Waals surface area contributed by atoms with Crippen molar-refractivity contribution in [1.29, 1.82) is 5.41 Å². The summed E-state index contributed by atoms with van der Waals surface area (Å²) >= 11 is 0. The number of carbonyl (C=O) groups excluding carboxylic acids is 1. The van der Waals surface area contributed by atoms with Crippen LogP contribution in [-0.2, 0) is 0 Å². The molecule has 0 fully saturated rings. The van der Waals surface area contributed by atoms with Crippen LogP contribution in [0.15, 0.2) is 63.9 Å². The molecule has 1 heterocycles. The van der Waals surface area contributed by atoms with Crippen LogP contribution in [0.5, 0.6) is 0 Å². The van der Waals surface area contributed by atoms with Crippen LogP contribution in [0.1, 0.15) is 45.8 Å². The maximum atomic E-state index is 14.3. The Morgan fingerprint density at radius 1 is 1.16 bits per heavy atom. The van der Waals surface area contributed by atoms with Crippen molar-refractivity contribution in [3.63, 3.8) is 0 Å². The smallest absolute Gasteiger partial charge is 0.253 e. The number of nitrogens with one attached hydrogen (secondary N) is 2. The number of hydrogen-bond acceptors (Lipinski definition) is 6. The van der Waals surface area contributed by atoms with Crippen molar-refractivity contribution in [1.82, 2.24) is 0 Å². The second-order valence-corrected chi connectivity index (χ2v) is 8.50. The molecule has 1 amide bonds. The molecule has 6 N–H and O–H groups in total. The molecular formula is C28H28F2N4O3. The van der Waals surface area contributed by atoms with Gasteiger partial charge in [0.25, 0.3) is 5.91 Å². The van der Waals surface area contributed by atoms with Gasteiger partial charge in [-0.3, -0.25) is 9.59 Å². The summed E-state index contributed by atoms with van der Waals surface area (Å²) in [7, 11) is 1.50. The van der Waals surface area contributed by atoms with Gasteiger partial charge in [0.2, 0.25) is 0 Å². The van der Waals surface area contributed by atoms with Crippen molar-refractivity contribution in [2.75, 3.05) is 12.4 Å². The molecule has 2 aromatic carbocycles. The van der Waals surface area contributed by atoms with Gasteiger partial charge in [-0.25, -0.2) is 8.78 Å². The second-order valence-electron chi connectivity index (χ2n) is 8.50. The molecular weight excluding hydrogens is 478 g/mol. The van der Waals surface area contributed by atoms with Gasteiger partial charge in [-0.2, -0.15) is 0 Å². The van der Waals surface area contributed by atoms with Crippen LogP contribution in [-0.4, -0.2) is 18.7 Å². The Kier molecular flexibility index (Phi) is 7.88. The van der Waals surface area contributed by atoms with E-state index in [0.717, 1.165) is 11.6 Å². The van der Waals surface area contributed by atoms with Gasteiger partial charge >= 0.3 is 0 Å². The molecule has 1 unspecified atom stereocenters. The summed E-state index contributed by atoms with van der Waals surface area (Å²) in [6, 6.07) is 5.08. The molecule has 192 valence electrons. The zero-order valence-electron chi connectivity index (χ0n) is 21.0. The van der Waals surface area contributed by atoms with Gasteiger partial charge in [-0.1, -0.05) is 12.6 Å². The van der Waals surface area contributed by atoms with Crippen LogP contribution in [0, 0.1) is 30.9 Å². The highest BCUT2D eigenvalue weighted by molar-refractivity contribution is 6.12. The lowest BCUT2D eigenvalue weighted by Crippen LogP contribution is -2.19. The first-order chi connectivity index (χ1) is 17.5. The molecule has 0 radical (unpaired) electrons. The van der Waals surface area contributed by atoms with Gasteiger partial charge in [0, 0.05) is 16.7 Å². The van der Waals surface area contributed by atoms with Crippen molar-refractivity contribution in [3.8, 4) is 0 Å². The summed E-state index contributed by atoms with van der Waals surface area (Å²) in [5.74, 6) is -3.30. The fraction of sp³-hybridized carbons (Fsp3) is 0.179. The third-order valence-corrected chi connectivity index (χ3v) is 5.94. The number of aryl methyl sites for hydroxylation is 1. The molecule has 0 saturated carbocycles. The third-order valence-electron chi connectivity index (χ3n) is 5.94. The zero-order valence-corrected chi connectivity index (χ0v) is 21.0. The molecule has 1 aliphatic rings. The summed E-state index contributed by atoms with van der Waals surface area (Å²) < 4.78 is 34.3. The van der Waals surface area contributed by atoms with Crippen LogP contribution < -0.4 is 22.2 Å². The highest BCUT2D eigenvalue weighted by atomic mass is 19.2. The maximum absolute atomic E-state index is 14.3. The number of nitrogens with two attached hydrogens (primary N) is 2. The van der Waals surface area contributed by atoms with Gasteiger partial charge in [0.05, 0.1) is 22.8 Å². The topological polar surface area (TPSA) is 135 Å². The summed E-state index contributed by atoms with van der Waals surface area (Å²) in [4.78, 5) is 25.1. The summed E-state index contributed by atoms with van der Waals surface area (Å²) in [6.07, 6.45) is 4.94. The number of anilines is 1. The summed E-state index contributed by atoms with van der Waals surface area (Å²) in [6.45, 7) is 9.08. The first-order valence-corrected chi connectivity index (χ1v) is 11.4. The summed E-state index contributed by atoms with van der Waals surface area (Å²) in [5.41, 5.74) is 12.4. The van der Waals surface area contributed by atoms with E-state index in [0.29, 0.717) is 39.0 Å². The van der Waals surface area contributed by atoms with Gasteiger partial charge < -0.3 is 26.6 Å². The number of carbonyl (C=O) groups is 1. The molecule has 1 aromatic heterocycles. The average molecular weight is 507 g/mol. The van der Waals surface area contributed by atoms with Gasteiger partial charge in [0.15, 0.2) is 17.1 Å². The zero-order chi connectivity index (χ0) is 27.6. The number of hydrogen-bond donors (Lipinski definition) is 4. The minimum Gasteiger partial charge on any atom is -0.455 e. The van der Waals surface area contributed by atoms with E-state index in [9.17, 15) is 18.4 Å². The van der Waals surface area contributed by atoms with Crippen LogP contribution in [0.25, 0.3) is 16.5 Å². The first kappa shape index (κ1) is 27.2. The predicted molar refractivity (Wildman–Crippen MR) is 143 cm³/mol. The number of allylic oxidation sites excluding steroid dienone is 5. The molecule has 4 rings (SSSR count). The van der Waals surface area contributed by atoms with Crippen molar-refractivity contribution in [2.24, 2.45) is 11.5 Å². The van der Waals surface area contributed by atoms with Crippen molar-refractivity contribution in [2.45, 2.75) is 26.8 Å². The van der Waals surface area contributed by atoms with E-state index < -0.39 is 29.1 Å². The molecule has 3 aromatic rings. The lowest BCUT2D eigenvalue weighted by Gasteiger charge is -2.20. The SMILES string of the molecule is C=C1C=C(c2oc3c(C(C)Nc4ccc(F)c(F)c4C(N)=O)cc(C)cc3c(=O)c2C)C=CC1=N.CN. The third kappa shape index (κ3) is 5.12. The molecule has 0 saturated heterocycles. The number of fused-ring (bicyclic) bond motifs is 1. The number of benzene rings is 2. The molecule has 1 atom stereocenters. The molecule has 37 heavy (non-hydrogen) atoms. The molecule has 0 spiro atoms. The van der Waals surface area contributed by atoms with E-state index in [1.165, 1.54) is 13.1 Å². The van der Waals surface area contributed by atoms with E-state index >= 15 is 0 Å². The Labute approximate surface area is 212 Å². The van der Waals surface area contributed by atoms with Crippen molar-refractivity contribution < 1.29 is 18.0 Å². The van der Waals surface area contributed by atoms with Crippen molar-refractivity contribution in [3.05, 3.63) is 105 Å². The van der Waals surface area contributed by atoms with E-state index in [-0.39, 0.29) is 16.8 Å². The number of amides is 1. The fourth-order valence-electron chi connectivity index (χ4n) is 4.12. The number of primary amides is 1. The van der Waals surface area contributed by atoms with Crippen LogP contribution >= 0.6 is 0 Å². The first-order valence-electron chi connectivity index (χ1n) is 11.4. The monoisotopic (exact) mass is 506 g/mol. The van der Waals surface area contributed by atoms with E-state index in [2.05, 4.69) is 17.6 Å². The summed E-state index contributed by atoms with van der Waals surface area (Å²) in [5, 5.41) is 11.2. The molecule has 1 aliphatic carbocycles. The lowest BCUT2D eigenvalue weighted by atomic mass is 9.95. The van der Waals surface area contributed by atoms with Crippen LogP contribution in [0.4, 0.5) is 14.5 Å². The Bertz CT molecular complexity index is 1570. The molecule has 0 aliphatic heterocycles. The van der Waals surface area contributed by atoms with Crippen LogP contribution in [0.3, 0.4) is 0 Å². The standard InChI is InChI=1S/C27H23F2N3O3.CH5N/c1-12-9-17(15(4)32-21-8-6-19(28)23(29)22(21)27(31)34)26-18(10-12)24(33)14(3)25(35-26)16-5-7-20(30)13(2)11-16;1-2/h5-11,15,30,32H,2H2,1,3-4H3,(H2,31,34);2H2,1H3. The fourth-order valence-corrected chi connectivity index (χ4v) is 4.12. The van der Waals surface area contributed by atoms with Crippen molar-refractivity contribution >= 4 is 33.8 Å². The largest absolute Gasteiger partial charge is 0.455 e. The predicted octanol–water partition coefficient (Wildman–Crippen LogP) is 5.06. The quantitative estimate of drug-likeness (QED) is 0.383. The Morgan fingerprint density at radius 2 is 1.84 bits per heavy atom. The molecule has 7 nitrogen and oxygen atoms in total. The average Bonchev–Trinajstić information content (AvgIpc) is 2.86. The number of halogens is 2. The molecule has 9 heteroatoms. The Morgan fingerprint density at radius 3 is 2.46 bits per heavy atom. The number of rotatable bonds is 5. The van der Waals surface area contributed by atoms with Crippen LogP contribution in [0.2, 0.25) is 0 Å². The van der Waals surface area contributed by atoms with Gasteiger partial charge in [-0.05, 0) is 75.4 Å². The van der Waals surface area contributed by atoms with E-state index in [1.54, 1.807) is 38.1 Å². The van der Waals surface area contributed by atoms with Gasteiger partial charge in [0.1, 0.15) is 16.9 Å². The minimum atomic E-state index is -1.34.